The van der Waals surface area contributed by atoms with E-state index in [1.807, 2.05) is 31.2 Å². The molecule has 8 heteroatoms. The fraction of sp³-hybridized carbons (Fsp3) is 0.286. The summed E-state index contributed by atoms with van der Waals surface area (Å²) < 4.78 is 13.6. The molecule has 0 atom stereocenters. The van der Waals surface area contributed by atoms with Crippen LogP contribution in [0, 0.1) is 12.7 Å². The Balaban J connectivity index is 1.63. The van der Waals surface area contributed by atoms with Gasteiger partial charge in [-0.3, -0.25) is 0 Å². The molecule has 0 amide bonds. The molecule has 29 heavy (non-hydrogen) atoms. The molecule has 1 fully saturated rings. The molecule has 7 nitrogen and oxygen atoms in total. The van der Waals surface area contributed by atoms with Crippen LogP contribution in [0.25, 0.3) is 0 Å². The molecule has 0 saturated carbocycles. The first-order valence-electron chi connectivity index (χ1n) is 9.61. The van der Waals surface area contributed by atoms with Gasteiger partial charge in [0.15, 0.2) is 0 Å². The number of aryl methyl sites for hydroxylation is 1. The topological polar surface area (TPSA) is 69.2 Å². The summed E-state index contributed by atoms with van der Waals surface area (Å²) in [5, 5.41) is 6.33. The molecule has 0 aliphatic carbocycles. The largest absolute Gasteiger partial charge is 0.338 e. The molecule has 0 radical (unpaired) electrons. The highest BCUT2D eigenvalue weighted by Crippen LogP contribution is 2.21. The third kappa shape index (κ3) is 4.97. The van der Waals surface area contributed by atoms with Crippen molar-refractivity contribution in [1.82, 2.24) is 19.9 Å². The minimum Gasteiger partial charge on any atom is -0.338 e. The van der Waals surface area contributed by atoms with Crippen molar-refractivity contribution in [3.8, 4) is 0 Å². The summed E-state index contributed by atoms with van der Waals surface area (Å²) in [5.41, 5.74) is 2.66. The smallest absolute Gasteiger partial charge is 0.233 e. The van der Waals surface area contributed by atoms with E-state index in [0.717, 1.165) is 31.9 Å². The van der Waals surface area contributed by atoms with E-state index in [2.05, 4.69) is 42.4 Å². The predicted octanol–water partition coefficient (Wildman–Crippen LogP) is 3.56. The summed E-state index contributed by atoms with van der Waals surface area (Å²) in [4.78, 5) is 18.1. The van der Waals surface area contributed by atoms with Crippen LogP contribution < -0.4 is 15.5 Å². The van der Waals surface area contributed by atoms with Gasteiger partial charge in [0.2, 0.25) is 17.8 Å². The monoisotopic (exact) mass is 393 g/mol. The van der Waals surface area contributed by atoms with Gasteiger partial charge in [-0.1, -0.05) is 23.8 Å². The average Bonchev–Trinajstić information content (AvgIpc) is 2.70. The molecule has 3 aromatic rings. The third-order valence-corrected chi connectivity index (χ3v) is 4.80. The molecule has 2 N–H and O–H groups in total. The van der Waals surface area contributed by atoms with E-state index in [1.165, 1.54) is 17.7 Å². The highest BCUT2D eigenvalue weighted by Gasteiger charge is 2.19. The maximum atomic E-state index is 13.6. The number of rotatable bonds is 5. The molecule has 4 rings (SSSR count). The fourth-order valence-corrected chi connectivity index (χ4v) is 3.09. The maximum absolute atomic E-state index is 13.6. The maximum Gasteiger partial charge on any atom is 0.233 e. The van der Waals surface area contributed by atoms with Gasteiger partial charge in [-0.2, -0.15) is 15.0 Å². The number of hydrogen-bond donors (Lipinski definition) is 2. The van der Waals surface area contributed by atoms with Crippen molar-refractivity contribution in [2.45, 2.75) is 6.92 Å². The second-order valence-electron chi connectivity index (χ2n) is 7.20. The molecule has 1 saturated heterocycles. The predicted molar refractivity (Wildman–Crippen MR) is 114 cm³/mol. The van der Waals surface area contributed by atoms with Crippen molar-refractivity contribution in [3.63, 3.8) is 0 Å². The van der Waals surface area contributed by atoms with Crippen molar-refractivity contribution >= 4 is 29.2 Å². The first kappa shape index (κ1) is 19.1. The van der Waals surface area contributed by atoms with Crippen molar-refractivity contribution in [2.24, 2.45) is 0 Å². The zero-order valence-electron chi connectivity index (χ0n) is 16.6. The molecule has 150 valence electrons. The highest BCUT2D eigenvalue weighted by molar-refractivity contribution is 5.59. The minimum absolute atomic E-state index is 0.318. The summed E-state index contributed by atoms with van der Waals surface area (Å²) >= 11 is 0. The van der Waals surface area contributed by atoms with Crippen LogP contribution in [0.5, 0.6) is 0 Å². The Morgan fingerprint density at radius 2 is 1.48 bits per heavy atom. The van der Waals surface area contributed by atoms with E-state index < -0.39 is 0 Å². The second-order valence-corrected chi connectivity index (χ2v) is 7.20. The van der Waals surface area contributed by atoms with Crippen molar-refractivity contribution < 1.29 is 4.39 Å². The van der Waals surface area contributed by atoms with E-state index in [-0.39, 0.29) is 5.82 Å². The lowest BCUT2D eigenvalue weighted by Crippen LogP contribution is -2.45. The van der Waals surface area contributed by atoms with Gasteiger partial charge in [-0.15, -0.1) is 0 Å². The summed E-state index contributed by atoms with van der Waals surface area (Å²) in [6.07, 6.45) is 0. The van der Waals surface area contributed by atoms with Gasteiger partial charge < -0.3 is 20.4 Å². The third-order valence-electron chi connectivity index (χ3n) is 4.80. The molecule has 2 aromatic carbocycles. The van der Waals surface area contributed by atoms with E-state index in [1.54, 1.807) is 12.1 Å². The van der Waals surface area contributed by atoms with Gasteiger partial charge in [-0.05, 0) is 44.3 Å². The Hall–Kier alpha value is -3.26. The molecule has 0 unspecified atom stereocenters. The minimum atomic E-state index is -0.318. The number of aromatic nitrogens is 3. The summed E-state index contributed by atoms with van der Waals surface area (Å²) in [6, 6.07) is 14.2. The molecule has 2 heterocycles. The highest BCUT2D eigenvalue weighted by atomic mass is 19.1. The van der Waals surface area contributed by atoms with E-state index in [9.17, 15) is 4.39 Å². The van der Waals surface area contributed by atoms with Crippen LogP contribution in [0.3, 0.4) is 0 Å². The number of piperazine rings is 1. The van der Waals surface area contributed by atoms with E-state index >= 15 is 0 Å². The quantitative estimate of drug-likeness (QED) is 0.687. The number of anilines is 5. The Morgan fingerprint density at radius 1 is 0.828 bits per heavy atom. The van der Waals surface area contributed by atoms with Gasteiger partial charge in [-0.25, -0.2) is 4.39 Å². The van der Waals surface area contributed by atoms with Gasteiger partial charge >= 0.3 is 0 Å². The van der Waals surface area contributed by atoms with Gasteiger partial charge in [0, 0.05) is 37.6 Å². The van der Waals surface area contributed by atoms with Gasteiger partial charge in [0.1, 0.15) is 5.82 Å². The summed E-state index contributed by atoms with van der Waals surface area (Å²) in [6.45, 7) is 5.60. The standard InChI is InChI=1S/C21H24FN7/c1-15-6-8-17(9-7-15)23-19-25-20(24-18-5-3-4-16(22)14-18)27-21(26-19)29-12-10-28(2)11-13-29/h3-9,14H,10-13H2,1-2H3,(H2,23,24,25,26,27). The molecular weight excluding hydrogens is 369 g/mol. The van der Waals surface area contributed by atoms with E-state index in [4.69, 9.17) is 0 Å². The number of halogens is 1. The molecule has 1 aliphatic rings. The molecule has 0 bridgehead atoms. The van der Waals surface area contributed by atoms with Gasteiger partial charge in [0.25, 0.3) is 0 Å². The molecular formula is C21H24FN7. The first-order chi connectivity index (χ1) is 14.0. The number of nitrogens with one attached hydrogen (secondary N) is 2. The number of hydrogen-bond acceptors (Lipinski definition) is 7. The Labute approximate surface area is 169 Å². The first-order valence-corrected chi connectivity index (χ1v) is 9.61. The second kappa shape index (κ2) is 8.40. The normalized spacial score (nSPS) is 14.7. The van der Waals surface area contributed by atoms with Crippen LogP contribution in [-0.4, -0.2) is 53.1 Å². The zero-order chi connectivity index (χ0) is 20.2. The average molecular weight is 393 g/mol. The van der Waals surface area contributed by atoms with Crippen LogP contribution in [0.4, 0.5) is 33.6 Å². The molecule has 0 spiro atoms. The van der Waals surface area contributed by atoms with Crippen molar-refractivity contribution in [1.29, 1.82) is 0 Å². The number of benzene rings is 2. The Bertz CT molecular complexity index is 969. The van der Waals surface area contributed by atoms with Crippen molar-refractivity contribution in [2.75, 3.05) is 48.8 Å². The van der Waals surface area contributed by atoms with Gasteiger partial charge in [0.05, 0.1) is 0 Å². The van der Waals surface area contributed by atoms with Crippen LogP contribution >= 0.6 is 0 Å². The van der Waals surface area contributed by atoms with Crippen LogP contribution in [0.2, 0.25) is 0 Å². The van der Waals surface area contributed by atoms with Crippen LogP contribution in [0.15, 0.2) is 48.5 Å². The summed E-state index contributed by atoms with van der Waals surface area (Å²) in [5.74, 6) is 1.09. The number of nitrogens with zero attached hydrogens (tertiary/aromatic N) is 5. The lowest BCUT2D eigenvalue weighted by atomic mass is 10.2. The Morgan fingerprint density at radius 3 is 2.14 bits per heavy atom. The van der Waals surface area contributed by atoms with Crippen LogP contribution in [-0.2, 0) is 0 Å². The van der Waals surface area contributed by atoms with E-state index in [0.29, 0.717) is 23.5 Å². The SMILES string of the molecule is Cc1ccc(Nc2nc(Nc3cccc(F)c3)nc(N3CCN(C)CC3)n2)cc1. The number of likely N-dealkylation sites (N-methyl/N-ethyl adjacent to an activating group) is 1. The zero-order valence-corrected chi connectivity index (χ0v) is 16.6. The Kier molecular flexibility index (Phi) is 5.53. The summed E-state index contributed by atoms with van der Waals surface area (Å²) in [7, 11) is 2.10. The van der Waals surface area contributed by atoms with Crippen LogP contribution in [0.1, 0.15) is 5.56 Å². The molecule has 1 aromatic heterocycles. The fourth-order valence-electron chi connectivity index (χ4n) is 3.09. The lowest BCUT2D eigenvalue weighted by Gasteiger charge is -2.32. The van der Waals surface area contributed by atoms with Crippen molar-refractivity contribution in [3.05, 3.63) is 59.9 Å². The lowest BCUT2D eigenvalue weighted by molar-refractivity contribution is 0.311. The molecule has 1 aliphatic heterocycles.